The lowest BCUT2D eigenvalue weighted by Crippen LogP contribution is -2.52. The van der Waals surface area contributed by atoms with E-state index in [0.29, 0.717) is 23.8 Å². The van der Waals surface area contributed by atoms with Gasteiger partial charge < -0.3 is 9.84 Å². The number of carbonyl (C=O) groups excluding carboxylic acids is 1. The summed E-state index contributed by atoms with van der Waals surface area (Å²) in [5, 5.41) is 12.9. The summed E-state index contributed by atoms with van der Waals surface area (Å²) < 4.78 is 5.23. The predicted octanol–water partition coefficient (Wildman–Crippen LogP) is 2.20. The molecule has 1 rings (SSSR count). The molecule has 0 amide bonds. The van der Waals surface area contributed by atoms with Gasteiger partial charge in [-0.25, -0.2) is 0 Å². The van der Waals surface area contributed by atoms with Crippen LogP contribution < -0.4 is 5.32 Å². The van der Waals surface area contributed by atoms with Gasteiger partial charge in [-0.3, -0.25) is 10.1 Å². The van der Waals surface area contributed by atoms with Crippen LogP contribution in [0.15, 0.2) is 0 Å². The molecule has 0 radical (unpaired) electrons. The molecule has 1 fully saturated rings. The summed E-state index contributed by atoms with van der Waals surface area (Å²) in [7, 11) is 0. The molecule has 0 bridgehead atoms. The second kappa shape index (κ2) is 8.25. The average Bonchev–Trinajstić information content (AvgIpc) is 3.19. The van der Waals surface area contributed by atoms with Gasteiger partial charge in [0.15, 0.2) is 0 Å². The van der Waals surface area contributed by atoms with Crippen molar-refractivity contribution in [3.63, 3.8) is 0 Å². The number of rotatable bonds is 10. The van der Waals surface area contributed by atoms with Gasteiger partial charge in [0.05, 0.1) is 6.61 Å². The minimum Gasteiger partial charge on any atom is -0.465 e. The SMILES string of the molecule is CCOC(=O)C(C)(CC(C)SCC(C)CO)NC1CC1. The van der Waals surface area contributed by atoms with E-state index in [1.807, 2.05) is 32.5 Å². The van der Waals surface area contributed by atoms with Crippen molar-refractivity contribution in [3.8, 4) is 0 Å². The number of esters is 1. The Labute approximate surface area is 127 Å². The molecule has 0 aromatic carbocycles. The van der Waals surface area contributed by atoms with Crippen molar-refractivity contribution in [2.24, 2.45) is 5.92 Å². The fourth-order valence-corrected chi connectivity index (χ4v) is 3.40. The lowest BCUT2D eigenvalue weighted by molar-refractivity contribution is -0.150. The van der Waals surface area contributed by atoms with Gasteiger partial charge in [0.1, 0.15) is 5.54 Å². The van der Waals surface area contributed by atoms with Crippen molar-refractivity contribution in [2.75, 3.05) is 19.0 Å². The normalized spacial score (nSPS) is 21.1. The van der Waals surface area contributed by atoms with Crippen molar-refractivity contribution in [1.29, 1.82) is 0 Å². The van der Waals surface area contributed by atoms with Crippen LogP contribution in [0, 0.1) is 5.92 Å². The van der Waals surface area contributed by atoms with Crippen LogP contribution in [0.4, 0.5) is 0 Å². The number of aliphatic hydroxyl groups excluding tert-OH is 1. The summed E-state index contributed by atoms with van der Waals surface area (Å²) in [4.78, 5) is 12.2. The molecule has 3 atom stereocenters. The summed E-state index contributed by atoms with van der Waals surface area (Å²) in [6, 6.07) is 0.470. The molecule has 0 saturated heterocycles. The van der Waals surface area contributed by atoms with Crippen LogP contribution in [0.1, 0.15) is 47.0 Å². The molecule has 1 saturated carbocycles. The van der Waals surface area contributed by atoms with E-state index in [9.17, 15) is 4.79 Å². The van der Waals surface area contributed by atoms with E-state index < -0.39 is 5.54 Å². The molecule has 20 heavy (non-hydrogen) atoms. The Morgan fingerprint density at radius 1 is 1.50 bits per heavy atom. The van der Waals surface area contributed by atoms with Crippen molar-refractivity contribution >= 4 is 17.7 Å². The topological polar surface area (TPSA) is 58.6 Å². The summed E-state index contributed by atoms with van der Waals surface area (Å²) in [5.74, 6) is 1.07. The zero-order chi connectivity index (χ0) is 15.2. The van der Waals surface area contributed by atoms with Crippen LogP contribution >= 0.6 is 11.8 Å². The molecular weight excluding hydrogens is 274 g/mol. The summed E-state index contributed by atoms with van der Waals surface area (Å²) in [6.07, 6.45) is 3.06. The zero-order valence-electron chi connectivity index (χ0n) is 13.1. The first-order valence-electron chi connectivity index (χ1n) is 7.58. The number of carbonyl (C=O) groups is 1. The van der Waals surface area contributed by atoms with Gasteiger partial charge in [0.2, 0.25) is 0 Å². The Balaban J connectivity index is 2.51. The Morgan fingerprint density at radius 2 is 2.15 bits per heavy atom. The first-order chi connectivity index (χ1) is 9.41. The highest BCUT2D eigenvalue weighted by Gasteiger charge is 2.40. The monoisotopic (exact) mass is 303 g/mol. The van der Waals surface area contributed by atoms with E-state index in [1.54, 1.807) is 0 Å². The smallest absolute Gasteiger partial charge is 0.326 e. The second-order valence-corrected chi connectivity index (χ2v) is 7.58. The van der Waals surface area contributed by atoms with Gasteiger partial charge in [-0.05, 0) is 44.8 Å². The molecular formula is C15H29NO3S. The summed E-state index contributed by atoms with van der Waals surface area (Å²) in [5.41, 5.74) is -0.591. The van der Waals surface area contributed by atoms with Gasteiger partial charge in [-0.1, -0.05) is 13.8 Å². The highest BCUT2D eigenvalue weighted by molar-refractivity contribution is 7.99. The van der Waals surface area contributed by atoms with Crippen LogP contribution in [-0.2, 0) is 9.53 Å². The minimum atomic E-state index is -0.591. The van der Waals surface area contributed by atoms with Crippen molar-refractivity contribution in [3.05, 3.63) is 0 Å². The highest BCUT2D eigenvalue weighted by atomic mass is 32.2. The number of hydrogen-bond donors (Lipinski definition) is 2. The van der Waals surface area contributed by atoms with Crippen LogP contribution in [0.2, 0.25) is 0 Å². The lowest BCUT2D eigenvalue weighted by atomic mass is 9.95. The van der Waals surface area contributed by atoms with Crippen molar-refractivity contribution < 1.29 is 14.6 Å². The largest absolute Gasteiger partial charge is 0.465 e. The van der Waals surface area contributed by atoms with Gasteiger partial charge >= 0.3 is 5.97 Å². The van der Waals surface area contributed by atoms with Crippen molar-refractivity contribution in [2.45, 2.75) is 63.8 Å². The van der Waals surface area contributed by atoms with Crippen LogP contribution in [0.3, 0.4) is 0 Å². The predicted molar refractivity (Wildman–Crippen MR) is 84.0 cm³/mol. The molecule has 0 spiro atoms. The molecule has 5 heteroatoms. The van der Waals surface area contributed by atoms with Gasteiger partial charge in [-0.15, -0.1) is 0 Å². The minimum absolute atomic E-state index is 0.144. The molecule has 1 aliphatic carbocycles. The van der Waals surface area contributed by atoms with Gasteiger partial charge in [-0.2, -0.15) is 11.8 Å². The number of nitrogens with one attached hydrogen (secondary N) is 1. The molecule has 1 aliphatic rings. The molecule has 0 aliphatic heterocycles. The fraction of sp³-hybridized carbons (Fsp3) is 0.933. The van der Waals surface area contributed by atoms with E-state index in [2.05, 4.69) is 12.2 Å². The van der Waals surface area contributed by atoms with E-state index in [1.165, 1.54) is 0 Å². The molecule has 0 aromatic rings. The molecule has 0 aromatic heterocycles. The number of ether oxygens (including phenoxy) is 1. The first-order valence-corrected chi connectivity index (χ1v) is 8.63. The Morgan fingerprint density at radius 3 is 2.65 bits per heavy atom. The Kier molecular flexibility index (Phi) is 7.34. The second-order valence-electron chi connectivity index (χ2n) is 6.11. The maximum atomic E-state index is 12.2. The third-order valence-corrected chi connectivity index (χ3v) is 5.00. The number of hydrogen-bond acceptors (Lipinski definition) is 5. The van der Waals surface area contributed by atoms with E-state index >= 15 is 0 Å². The van der Waals surface area contributed by atoms with Crippen LogP contribution in [-0.4, -0.2) is 46.9 Å². The molecule has 118 valence electrons. The van der Waals surface area contributed by atoms with E-state index in [-0.39, 0.29) is 12.6 Å². The first kappa shape index (κ1) is 17.8. The van der Waals surface area contributed by atoms with Crippen LogP contribution in [0.5, 0.6) is 0 Å². The standard InChI is InChI=1S/C15H29NO3S/c1-5-19-14(18)15(4,16-13-6-7-13)8-12(3)20-10-11(2)9-17/h11-13,16-17H,5-10H2,1-4H3. The maximum Gasteiger partial charge on any atom is 0.326 e. The van der Waals surface area contributed by atoms with Crippen LogP contribution in [0.25, 0.3) is 0 Å². The highest BCUT2D eigenvalue weighted by Crippen LogP contribution is 2.29. The zero-order valence-corrected chi connectivity index (χ0v) is 14.0. The molecule has 3 unspecified atom stereocenters. The summed E-state index contributed by atoms with van der Waals surface area (Å²) >= 11 is 1.81. The Hall–Kier alpha value is -0.260. The number of thioether (sulfide) groups is 1. The molecule has 2 N–H and O–H groups in total. The van der Waals surface area contributed by atoms with Crippen molar-refractivity contribution in [1.82, 2.24) is 5.32 Å². The molecule has 0 heterocycles. The maximum absolute atomic E-state index is 12.2. The Bertz CT molecular complexity index is 309. The third-order valence-electron chi connectivity index (χ3n) is 3.50. The molecule has 4 nitrogen and oxygen atoms in total. The fourth-order valence-electron chi connectivity index (χ4n) is 2.18. The third kappa shape index (κ3) is 6.02. The van der Waals surface area contributed by atoms with Gasteiger partial charge in [0, 0.05) is 17.9 Å². The van der Waals surface area contributed by atoms with Gasteiger partial charge in [0.25, 0.3) is 0 Å². The van der Waals surface area contributed by atoms with E-state index in [4.69, 9.17) is 9.84 Å². The van der Waals surface area contributed by atoms with E-state index in [0.717, 1.165) is 25.0 Å². The quantitative estimate of drug-likeness (QED) is 0.606. The average molecular weight is 303 g/mol. The summed E-state index contributed by atoms with van der Waals surface area (Å²) in [6.45, 7) is 8.61. The lowest BCUT2D eigenvalue weighted by Gasteiger charge is -2.31. The number of aliphatic hydroxyl groups is 1.